The third kappa shape index (κ3) is 10.7. The SMILES string of the molecule is [O]=[InH].[O]=[Nb]. The summed E-state index contributed by atoms with van der Waals surface area (Å²) in [5, 5.41) is 0. The van der Waals surface area contributed by atoms with E-state index in [0.29, 0.717) is 21.0 Å². The van der Waals surface area contributed by atoms with Gasteiger partial charge in [0.2, 0.25) is 0 Å². The van der Waals surface area contributed by atoms with Crippen LogP contribution in [0.1, 0.15) is 0 Å². The quantitative estimate of drug-likeness (QED) is 0.515. The van der Waals surface area contributed by atoms with Gasteiger partial charge in [0.25, 0.3) is 0 Å². The first-order chi connectivity index (χ1) is 2.00. The Labute approximate surface area is 51.2 Å². The fraction of sp³-hybridized carbons (Fsp3) is 0. The monoisotopic (exact) mass is 241 g/mol. The van der Waals surface area contributed by atoms with Crippen LogP contribution in [0.25, 0.3) is 0 Å². The number of hydrogen-bond donors (Lipinski definition) is 0. The molecule has 21 valence electrons. The van der Waals surface area contributed by atoms with Crippen molar-refractivity contribution in [2.24, 2.45) is 0 Å². The molecule has 4 heavy (non-hydrogen) atoms. The van der Waals surface area contributed by atoms with Gasteiger partial charge in [-0.25, -0.2) is 0 Å². The van der Waals surface area contributed by atoms with Crippen LogP contribution in [0.4, 0.5) is 0 Å². The predicted molar refractivity (Wildman–Crippen MR) is 8.52 cm³/mol. The minimum atomic E-state index is -0.1000. The zero-order valence-electron chi connectivity index (χ0n) is 1.97. The summed E-state index contributed by atoms with van der Waals surface area (Å²) in [7, 11) is 0. The van der Waals surface area contributed by atoms with Crippen molar-refractivity contribution < 1.29 is 27.1 Å². The molecule has 0 heterocycles. The maximum atomic E-state index is 8.42. The normalized spacial score (nSPS) is 1.50. The Hall–Kier alpha value is 1.21. The molecule has 0 bridgehead atoms. The molecule has 0 aliphatic rings. The summed E-state index contributed by atoms with van der Waals surface area (Å²) >= 11 is 0.400. The zero-order valence-corrected chi connectivity index (χ0v) is 8.21. The van der Waals surface area contributed by atoms with Crippen LogP contribution < -0.4 is 0 Å². The first-order valence-corrected chi connectivity index (χ1v) is 3.02. The van der Waals surface area contributed by atoms with Crippen LogP contribution in [0.2, 0.25) is 0 Å². The molecule has 2 nitrogen and oxygen atoms in total. The Morgan fingerprint density at radius 2 is 1.25 bits per heavy atom. The molecule has 0 rings (SSSR count). The van der Waals surface area contributed by atoms with E-state index in [9.17, 15) is 0 Å². The van der Waals surface area contributed by atoms with Crippen LogP contribution in [-0.2, 0) is 27.1 Å². The fourth-order valence-corrected chi connectivity index (χ4v) is 0. The van der Waals surface area contributed by atoms with Crippen LogP contribution in [0.15, 0.2) is 0 Å². The van der Waals surface area contributed by atoms with Crippen molar-refractivity contribution in [2.45, 2.75) is 0 Å². The van der Waals surface area contributed by atoms with Gasteiger partial charge in [0, 0.05) is 0 Å². The van der Waals surface area contributed by atoms with E-state index >= 15 is 0 Å². The number of hydrogen-bond acceptors (Lipinski definition) is 2. The summed E-state index contributed by atoms with van der Waals surface area (Å²) in [6.07, 6.45) is 0. The number of rotatable bonds is 0. The second-order valence-corrected chi connectivity index (χ2v) is 0. The van der Waals surface area contributed by atoms with Crippen LogP contribution in [-0.4, -0.2) is 24.4 Å². The Kier molecular flexibility index (Phi) is 66.4. The van der Waals surface area contributed by atoms with Gasteiger partial charge < -0.3 is 0 Å². The van der Waals surface area contributed by atoms with Crippen molar-refractivity contribution in [1.29, 1.82) is 0 Å². The van der Waals surface area contributed by atoms with Gasteiger partial charge in [0.05, 0.1) is 0 Å². The van der Waals surface area contributed by atoms with E-state index in [-0.39, 0.29) is 24.4 Å². The molecule has 0 saturated heterocycles. The van der Waals surface area contributed by atoms with E-state index in [1.165, 1.54) is 0 Å². The van der Waals surface area contributed by atoms with Gasteiger partial charge in [-0.05, 0) is 0 Å². The Morgan fingerprint density at radius 1 is 1.25 bits per heavy atom. The molecule has 0 aliphatic carbocycles. The average molecular weight is 241 g/mol. The van der Waals surface area contributed by atoms with Gasteiger partial charge >= 0.3 is 51.5 Å². The van der Waals surface area contributed by atoms with Crippen molar-refractivity contribution in [1.82, 2.24) is 0 Å². The van der Waals surface area contributed by atoms with Crippen LogP contribution in [0, 0.1) is 0 Å². The van der Waals surface area contributed by atoms with Crippen LogP contribution >= 0.6 is 0 Å². The molecule has 0 saturated carbocycles. The van der Waals surface area contributed by atoms with Crippen molar-refractivity contribution in [2.75, 3.05) is 0 Å². The molecular formula is HInNbO2. The molecular weight excluding hydrogens is 240 g/mol. The van der Waals surface area contributed by atoms with Crippen molar-refractivity contribution in [3.05, 3.63) is 0 Å². The molecule has 0 atom stereocenters. The third-order valence-corrected chi connectivity index (χ3v) is 0. The van der Waals surface area contributed by atoms with E-state index in [2.05, 4.69) is 0 Å². The van der Waals surface area contributed by atoms with Gasteiger partial charge in [-0.1, -0.05) is 0 Å². The summed E-state index contributed by atoms with van der Waals surface area (Å²) in [5.74, 6) is 0. The van der Waals surface area contributed by atoms with E-state index < -0.39 is 0 Å². The molecule has 0 aromatic heterocycles. The Morgan fingerprint density at radius 3 is 1.25 bits per heavy atom. The molecule has 0 aromatic rings. The van der Waals surface area contributed by atoms with E-state index in [1.54, 1.807) is 0 Å². The van der Waals surface area contributed by atoms with Crippen LogP contribution in [0.5, 0.6) is 0 Å². The molecule has 0 aliphatic heterocycles. The standard InChI is InChI=1S/In.Nb.2O.H. The average Bonchev–Trinajstić information content (AvgIpc) is 1.50. The van der Waals surface area contributed by atoms with Crippen molar-refractivity contribution in [3.8, 4) is 0 Å². The predicted octanol–water partition coefficient (Wildman–Crippen LogP) is -0.889. The van der Waals surface area contributed by atoms with Gasteiger partial charge in [-0.2, -0.15) is 0 Å². The van der Waals surface area contributed by atoms with E-state index in [4.69, 9.17) is 6.10 Å². The third-order valence-electron chi connectivity index (χ3n) is 0. The topological polar surface area (TPSA) is 34.1 Å². The summed E-state index contributed by atoms with van der Waals surface area (Å²) in [6.45, 7) is 0. The fourth-order valence-electron chi connectivity index (χ4n) is 0. The van der Waals surface area contributed by atoms with Gasteiger partial charge in [0.15, 0.2) is 0 Å². The first-order valence-electron chi connectivity index (χ1n) is 0.471. The second-order valence-electron chi connectivity index (χ2n) is 0. The summed E-state index contributed by atoms with van der Waals surface area (Å²) in [5.41, 5.74) is 0. The van der Waals surface area contributed by atoms with Gasteiger partial charge in [-0.15, -0.1) is 0 Å². The summed E-state index contributed by atoms with van der Waals surface area (Å²) in [4.78, 5) is 0. The molecule has 0 N–H and O–H groups in total. The Balaban J connectivity index is 0. The molecule has 0 unspecified atom stereocenters. The van der Waals surface area contributed by atoms with Gasteiger partial charge in [0.1, 0.15) is 0 Å². The molecule has 4 heteroatoms. The second kappa shape index (κ2) is 29.6. The van der Waals surface area contributed by atoms with Gasteiger partial charge in [-0.3, -0.25) is 0 Å². The van der Waals surface area contributed by atoms with E-state index in [0.717, 1.165) is 0 Å². The minimum absolute atomic E-state index is 0.1000. The molecule has 0 fully saturated rings. The van der Waals surface area contributed by atoms with Crippen LogP contribution in [0.3, 0.4) is 0 Å². The molecule has 0 aromatic carbocycles. The van der Waals surface area contributed by atoms with E-state index in [1.807, 2.05) is 0 Å². The molecule has 0 amide bonds. The first kappa shape index (κ1) is 8.96. The Bertz CT molecular complexity index is 8.00. The summed E-state index contributed by atoms with van der Waals surface area (Å²) in [6, 6.07) is 0. The summed E-state index contributed by atoms with van der Waals surface area (Å²) < 4.78 is 16.7. The molecule has 0 radical (unpaired) electrons. The van der Waals surface area contributed by atoms with Crippen molar-refractivity contribution in [3.63, 3.8) is 0 Å². The maximum absolute atomic E-state index is 8.42. The molecule has 0 spiro atoms. The zero-order chi connectivity index (χ0) is 4.00. The van der Waals surface area contributed by atoms with Crippen molar-refractivity contribution >= 4 is 24.4 Å².